The molecule has 9 nitrogen and oxygen atoms in total. The molecule has 1 N–H and O–H groups in total. The molecular weight excluding hydrogens is 547 g/mol. The first-order chi connectivity index (χ1) is 19.4. The maximum atomic E-state index is 14.0. The molecule has 3 aromatic rings. The molecule has 11 heteroatoms. The summed E-state index contributed by atoms with van der Waals surface area (Å²) in [7, 11) is 2.09. The van der Waals surface area contributed by atoms with Gasteiger partial charge in [0.1, 0.15) is 17.7 Å². The number of piperazine rings is 1. The Kier molecular flexibility index (Phi) is 9.23. The number of hydrogen-bond donors (Lipinski definition) is 1. The molecule has 1 aliphatic rings. The summed E-state index contributed by atoms with van der Waals surface area (Å²) in [4.78, 5) is 40.3. The van der Waals surface area contributed by atoms with Crippen LogP contribution in [0.2, 0.25) is 5.02 Å². The highest BCUT2D eigenvalue weighted by atomic mass is 35.5. The molecule has 0 aliphatic carbocycles. The molecule has 1 fully saturated rings. The Hall–Kier alpha value is -4.04. The third-order valence-corrected chi connectivity index (χ3v) is 6.56. The van der Waals surface area contributed by atoms with E-state index in [1.54, 1.807) is 32.9 Å². The molecule has 1 aromatic heterocycles. The minimum atomic E-state index is -0.836. The summed E-state index contributed by atoms with van der Waals surface area (Å²) in [6, 6.07) is 7.24. The number of carbonyl (C=O) groups is 2. The highest BCUT2D eigenvalue weighted by Crippen LogP contribution is 2.35. The van der Waals surface area contributed by atoms with E-state index < -0.39 is 23.4 Å². The van der Waals surface area contributed by atoms with E-state index in [0.717, 1.165) is 38.3 Å². The fourth-order valence-corrected chi connectivity index (χ4v) is 4.33. The van der Waals surface area contributed by atoms with Crippen LogP contribution >= 0.6 is 11.6 Å². The number of nitrogens with one attached hydrogen (secondary N) is 1. The molecular formula is C30H32ClFN6O3. The number of likely N-dealkylation sites (N-methyl/N-ethyl adjacent to an activating group) is 1. The Morgan fingerprint density at radius 3 is 2.59 bits per heavy atom. The molecule has 0 atom stereocenters. The second-order valence-corrected chi connectivity index (χ2v) is 11.0. The second kappa shape index (κ2) is 12.6. The third kappa shape index (κ3) is 7.58. The van der Waals surface area contributed by atoms with Gasteiger partial charge in [-0.1, -0.05) is 30.0 Å². The molecule has 1 aliphatic heterocycles. The van der Waals surface area contributed by atoms with Crippen molar-refractivity contribution in [2.24, 2.45) is 0 Å². The van der Waals surface area contributed by atoms with Crippen molar-refractivity contribution in [1.29, 1.82) is 0 Å². The van der Waals surface area contributed by atoms with Crippen LogP contribution in [-0.2, 0) is 9.53 Å². The molecule has 0 spiro atoms. The van der Waals surface area contributed by atoms with Crippen LogP contribution < -0.4 is 10.2 Å². The van der Waals surface area contributed by atoms with E-state index in [1.165, 1.54) is 23.4 Å². The normalized spacial score (nSPS) is 14.2. The van der Waals surface area contributed by atoms with Gasteiger partial charge in [0.25, 0.3) is 0 Å². The maximum absolute atomic E-state index is 14.0. The van der Waals surface area contributed by atoms with Gasteiger partial charge in [0, 0.05) is 31.6 Å². The van der Waals surface area contributed by atoms with Crippen LogP contribution in [0.1, 0.15) is 26.3 Å². The van der Waals surface area contributed by atoms with Crippen molar-refractivity contribution in [3.8, 4) is 11.8 Å². The maximum Gasteiger partial charge on any atom is 0.420 e. The molecule has 0 saturated carbocycles. The van der Waals surface area contributed by atoms with E-state index in [1.807, 2.05) is 0 Å². The molecule has 0 bridgehead atoms. The lowest BCUT2D eigenvalue weighted by molar-refractivity contribution is -0.111. The van der Waals surface area contributed by atoms with Gasteiger partial charge in [0.2, 0.25) is 5.91 Å². The van der Waals surface area contributed by atoms with Crippen molar-refractivity contribution in [3.63, 3.8) is 0 Å². The summed E-state index contributed by atoms with van der Waals surface area (Å²) < 4.78 is 19.7. The molecule has 2 aromatic carbocycles. The van der Waals surface area contributed by atoms with E-state index in [4.69, 9.17) is 16.3 Å². The minimum Gasteiger partial charge on any atom is -0.443 e. The second-order valence-electron chi connectivity index (χ2n) is 10.6. The largest absolute Gasteiger partial charge is 0.443 e. The Morgan fingerprint density at radius 2 is 1.93 bits per heavy atom. The van der Waals surface area contributed by atoms with Crippen molar-refractivity contribution < 1.29 is 18.7 Å². The van der Waals surface area contributed by atoms with E-state index in [2.05, 4.69) is 50.6 Å². The first-order valence-electron chi connectivity index (χ1n) is 13.1. The van der Waals surface area contributed by atoms with Crippen LogP contribution in [0, 0.1) is 17.7 Å². The van der Waals surface area contributed by atoms with E-state index in [0.29, 0.717) is 28.7 Å². The summed E-state index contributed by atoms with van der Waals surface area (Å²) in [5, 5.41) is 3.04. The fourth-order valence-electron chi connectivity index (χ4n) is 4.16. The average molecular weight is 579 g/mol. The van der Waals surface area contributed by atoms with Crippen molar-refractivity contribution in [2.45, 2.75) is 26.4 Å². The predicted octanol–water partition coefficient (Wildman–Crippen LogP) is 5.22. The number of ether oxygens (including phenoxy) is 1. The summed E-state index contributed by atoms with van der Waals surface area (Å²) in [5.41, 5.74) is 0.804. The summed E-state index contributed by atoms with van der Waals surface area (Å²) in [5.74, 6) is 5.45. The van der Waals surface area contributed by atoms with E-state index in [9.17, 15) is 14.0 Å². The van der Waals surface area contributed by atoms with Gasteiger partial charge < -0.3 is 15.0 Å². The number of rotatable bonds is 5. The van der Waals surface area contributed by atoms with Gasteiger partial charge in [-0.05, 0) is 64.2 Å². The van der Waals surface area contributed by atoms with E-state index >= 15 is 0 Å². The Labute approximate surface area is 243 Å². The van der Waals surface area contributed by atoms with Gasteiger partial charge in [-0.2, -0.15) is 0 Å². The lowest BCUT2D eigenvalue weighted by atomic mass is 10.1. The zero-order valence-corrected chi connectivity index (χ0v) is 24.3. The zero-order valence-electron chi connectivity index (χ0n) is 23.5. The van der Waals surface area contributed by atoms with Crippen molar-refractivity contribution in [1.82, 2.24) is 19.8 Å². The van der Waals surface area contributed by atoms with Gasteiger partial charge in [0.15, 0.2) is 5.82 Å². The molecule has 4 rings (SSSR count). The van der Waals surface area contributed by atoms with Crippen molar-refractivity contribution in [3.05, 3.63) is 65.7 Å². The Balaban J connectivity index is 1.82. The van der Waals surface area contributed by atoms with E-state index in [-0.39, 0.29) is 16.5 Å². The Bertz CT molecular complexity index is 1540. The fraction of sp³-hybridized carbons (Fsp3) is 0.333. The van der Waals surface area contributed by atoms with Crippen LogP contribution in [0.15, 0.2) is 49.3 Å². The summed E-state index contributed by atoms with van der Waals surface area (Å²) >= 11 is 6.07. The predicted molar refractivity (Wildman–Crippen MR) is 159 cm³/mol. The van der Waals surface area contributed by atoms with Gasteiger partial charge in [-0.15, -0.1) is 0 Å². The first kappa shape index (κ1) is 29.9. The van der Waals surface area contributed by atoms with Crippen molar-refractivity contribution >= 4 is 51.7 Å². The number of halogens is 2. The number of benzene rings is 2. The smallest absolute Gasteiger partial charge is 0.420 e. The Morgan fingerprint density at radius 1 is 1.20 bits per heavy atom. The van der Waals surface area contributed by atoms with Crippen molar-refractivity contribution in [2.75, 3.05) is 50.0 Å². The molecule has 1 saturated heterocycles. The SMILES string of the molecule is C=CC(=O)Nc1cc2c(N(C(=O)OC(C)(C)C)c3ccc(F)c(Cl)c3)ncnc2cc1C#CCN1CCN(C)CC1. The molecule has 214 valence electrons. The van der Waals surface area contributed by atoms with Crippen LogP contribution in [0.3, 0.4) is 0 Å². The number of carbonyl (C=O) groups excluding carboxylic acids is 2. The monoisotopic (exact) mass is 578 g/mol. The summed E-state index contributed by atoms with van der Waals surface area (Å²) in [6.45, 7) is 13.1. The lowest BCUT2D eigenvalue weighted by Gasteiger charge is -2.30. The van der Waals surface area contributed by atoms with Gasteiger partial charge in [0.05, 0.1) is 34.0 Å². The number of hydrogen-bond acceptors (Lipinski definition) is 7. The van der Waals surface area contributed by atoms with Crippen LogP contribution in [0.4, 0.5) is 26.4 Å². The highest BCUT2D eigenvalue weighted by molar-refractivity contribution is 6.31. The van der Waals surface area contributed by atoms with Crippen LogP contribution in [0.25, 0.3) is 10.9 Å². The first-order valence-corrected chi connectivity index (χ1v) is 13.4. The highest BCUT2D eigenvalue weighted by Gasteiger charge is 2.28. The zero-order chi connectivity index (χ0) is 29.7. The van der Waals surface area contributed by atoms with Gasteiger partial charge in [-0.25, -0.2) is 24.1 Å². The topological polar surface area (TPSA) is 90.9 Å². The number of nitrogens with zero attached hydrogens (tertiary/aromatic N) is 5. The molecule has 2 heterocycles. The number of fused-ring (bicyclic) bond motifs is 1. The number of aromatic nitrogens is 2. The number of amides is 2. The molecule has 41 heavy (non-hydrogen) atoms. The van der Waals surface area contributed by atoms with Crippen LogP contribution in [-0.4, -0.2) is 77.1 Å². The molecule has 0 unspecified atom stereocenters. The van der Waals surface area contributed by atoms with Gasteiger partial charge >= 0.3 is 6.09 Å². The lowest BCUT2D eigenvalue weighted by Crippen LogP contribution is -2.44. The number of anilines is 3. The van der Waals surface area contributed by atoms with Gasteiger partial charge in [-0.3, -0.25) is 9.69 Å². The average Bonchev–Trinajstić information content (AvgIpc) is 2.91. The van der Waals surface area contributed by atoms with Crippen LogP contribution in [0.5, 0.6) is 0 Å². The standard InChI is InChI=1S/C30H32ClFN6O3/c1-6-27(39)35-25-18-22-26(16-20(25)8-7-11-37-14-12-36(5)13-15-37)33-19-34-28(22)38(29(40)41-30(2,3)4)21-9-10-24(32)23(31)17-21/h6,9-10,16-19H,1,11-15H2,2-5H3,(H,35,39). The molecule has 2 amide bonds. The summed E-state index contributed by atoms with van der Waals surface area (Å²) in [6.07, 6.45) is 1.71. The quantitative estimate of drug-likeness (QED) is 0.328. The third-order valence-electron chi connectivity index (χ3n) is 6.27. The molecule has 0 radical (unpaired) electrons. The minimum absolute atomic E-state index is 0.151.